The highest BCUT2D eigenvalue weighted by Gasteiger charge is 2.91. The number of carbonyl (C=O) groups excluding carboxylic acids is 1. The summed E-state index contributed by atoms with van der Waals surface area (Å²) < 4.78 is 35.8. The van der Waals surface area contributed by atoms with E-state index in [2.05, 4.69) is 4.90 Å². The fraction of sp³-hybridized carbons (Fsp3) is 0.788. The fourth-order valence-corrected chi connectivity index (χ4v) is 12.1. The van der Waals surface area contributed by atoms with E-state index >= 15 is 0 Å². The van der Waals surface area contributed by atoms with E-state index in [1.54, 1.807) is 45.6 Å². The molecule has 4 N–H and O–H groups in total. The van der Waals surface area contributed by atoms with Gasteiger partial charge in [0.2, 0.25) is 0 Å². The van der Waals surface area contributed by atoms with Crippen molar-refractivity contribution in [3.05, 3.63) is 29.8 Å². The van der Waals surface area contributed by atoms with Gasteiger partial charge in [-0.05, 0) is 43.1 Å². The summed E-state index contributed by atoms with van der Waals surface area (Å²) in [6.45, 7) is 3.43. The molecule has 0 aromatic heterocycles. The molecule has 1 saturated heterocycles. The molecule has 5 saturated carbocycles. The van der Waals surface area contributed by atoms with Gasteiger partial charge < -0.3 is 48.8 Å². The first kappa shape index (κ1) is 31.7. The van der Waals surface area contributed by atoms with Crippen molar-refractivity contribution in [1.82, 2.24) is 4.90 Å². The van der Waals surface area contributed by atoms with Gasteiger partial charge in [0.05, 0.1) is 37.6 Å². The number of nitrogens with zero attached hydrogens (tertiary/aromatic N) is 1. The second kappa shape index (κ2) is 10.6. The van der Waals surface area contributed by atoms with E-state index in [0.717, 1.165) is 0 Å². The fourth-order valence-electron chi connectivity index (χ4n) is 12.1. The predicted octanol–water partition coefficient (Wildman–Crippen LogP) is 0.0859. The van der Waals surface area contributed by atoms with Gasteiger partial charge in [-0.2, -0.15) is 0 Å². The van der Waals surface area contributed by atoms with E-state index in [0.29, 0.717) is 25.3 Å². The van der Waals surface area contributed by atoms with Gasteiger partial charge in [0.15, 0.2) is 0 Å². The Morgan fingerprint density at radius 2 is 1.69 bits per heavy atom. The lowest BCUT2D eigenvalue weighted by Crippen LogP contribution is -2.81. The summed E-state index contributed by atoms with van der Waals surface area (Å²) in [4.78, 5) is 16.0. The number of hydrogen-bond donors (Lipinski definition) is 4. The summed E-state index contributed by atoms with van der Waals surface area (Å²) in [6, 6.07) is 6.16. The molecular formula is C33H47NO11. The summed E-state index contributed by atoms with van der Waals surface area (Å²) in [5.41, 5.74) is -4.96. The molecule has 0 unspecified atom stereocenters. The quantitative estimate of drug-likeness (QED) is 0.272. The molecule has 0 radical (unpaired) electrons. The lowest BCUT2D eigenvalue weighted by molar-refractivity contribution is -0.320. The first-order chi connectivity index (χ1) is 21.5. The van der Waals surface area contributed by atoms with E-state index in [9.17, 15) is 25.2 Å². The van der Waals surface area contributed by atoms with Gasteiger partial charge in [-0.1, -0.05) is 6.92 Å². The van der Waals surface area contributed by atoms with E-state index in [4.69, 9.17) is 28.4 Å². The van der Waals surface area contributed by atoms with Crippen molar-refractivity contribution in [3.8, 4) is 5.75 Å². The predicted molar refractivity (Wildman–Crippen MR) is 157 cm³/mol. The van der Waals surface area contributed by atoms with Crippen LogP contribution in [0.5, 0.6) is 5.75 Å². The molecule has 1 aromatic rings. The number of hydrogen-bond acceptors (Lipinski definition) is 12. The van der Waals surface area contributed by atoms with Crippen LogP contribution in [0.3, 0.4) is 0 Å². The monoisotopic (exact) mass is 633 g/mol. The summed E-state index contributed by atoms with van der Waals surface area (Å²) in [6.07, 6.45) is -5.43. The first-order valence-electron chi connectivity index (χ1n) is 16.0. The number of aliphatic hydroxyl groups excluding tert-OH is 2. The molecule has 12 nitrogen and oxygen atoms in total. The van der Waals surface area contributed by atoms with Crippen molar-refractivity contribution >= 4 is 5.97 Å². The molecule has 15 atom stereocenters. The van der Waals surface area contributed by atoms with E-state index in [1.807, 2.05) is 6.92 Å². The van der Waals surface area contributed by atoms with Crippen LogP contribution in [0.4, 0.5) is 0 Å². The highest BCUT2D eigenvalue weighted by atomic mass is 16.6. The largest absolute Gasteiger partial charge is 0.497 e. The first-order valence-corrected chi connectivity index (χ1v) is 16.0. The highest BCUT2D eigenvalue weighted by molar-refractivity contribution is 5.89. The number of likely N-dealkylation sites (tertiary alicyclic amines) is 1. The molecule has 5 aliphatic carbocycles. The number of methoxy groups -OCH3 is 5. The normalized spacial score (nSPS) is 50.8. The van der Waals surface area contributed by atoms with Crippen molar-refractivity contribution in [3.63, 3.8) is 0 Å². The molecule has 1 spiro atoms. The number of fused-ring (bicyclic) bond motifs is 2. The number of benzene rings is 1. The Bertz CT molecular complexity index is 1310. The molecule has 250 valence electrons. The number of aliphatic hydroxyl groups is 4. The Labute approximate surface area is 263 Å². The van der Waals surface area contributed by atoms with Crippen LogP contribution in [0.2, 0.25) is 0 Å². The third-order valence-corrected chi connectivity index (χ3v) is 13.2. The molecule has 0 amide bonds. The molecule has 7 bridgehead atoms. The number of rotatable bonds is 9. The third-order valence-electron chi connectivity index (χ3n) is 13.2. The van der Waals surface area contributed by atoms with Gasteiger partial charge in [0.1, 0.15) is 35.3 Å². The molecule has 1 heterocycles. The summed E-state index contributed by atoms with van der Waals surface area (Å²) >= 11 is 0. The molecule has 12 heteroatoms. The summed E-state index contributed by atoms with van der Waals surface area (Å²) in [7, 11) is 7.80. The van der Waals surface area contributed by atoms with Crippen LogP contribution >= 0.6 is 0 Å². The van der Waals surface area contributed by atoms with Gasteiger partial charge in [0.25, 0.3) is 0 Å². The molecular weight excluding hydrogens is 586 g/mol. The smallest absolute Gasteiger partial charge is 0.338 e. The molecule has 6 aliphatic rings. The Morgan fingerprint density at radius 3 is 2.27 bits per heavy atom. The molecule has 1 aliphatic heterocycles. The second-order valence-corrected chi connectivity index (χ2v) is 14.2. The Kier molecular flexibility index (Phi) is 7.45. The lowest BCUT2D eigenvalue weighted by Gasteiger charge is -2.70. The topological polar surface area (TPSA) is 157 Å². The number of carbonyl (C=O) groups is 1. The average Bonchev–Trinajstić information content (AvgIpc) is 3.42. The van der Waals surface area contributed by atoms with Crippen LogP contribution in [-0.4, -0.2) is 140 Å². The van der Waals surface area contributed by atoms with Crippen LogP contribution < -0.4 is 4.74 Å². The Hall–Kier alpha value is -1.87. The van der Waals surface area contributed by atoms with E-state index in [1.165, 1.54) is 14.2 Å². The average molecular weight is 634 g/mol. The maximum Gasteiger partial charge on any atom is 0.338 e. The zero-order valence-electron chi connectivity index (χ0n) is 26.8. The lowest BCUT2D eigenvalue weighted by atomic mass is 9.42. The standard InChI is InChI=1S/C33H47NO11/c1-7-34-14-30(15-40-2)19(35)12-20(42-4)32-18-13-31(38)27(45-29(37)16-8-10-17(41-3)11-9-16)21(18)33(39,26(36)28(31)44-6)22(25(32)34)23(43-5)24(30)32/h8-11,18-28,35-36,38-39H,7,12-15H2,1-6H3/t18-,19-,20+,21-,22+,23+,24-,25-,26+,27-,28+,30+,31-,32+,33-/m1/s1. The summed E-state index contributed by atoms with van der Waals surface area (Å²) in [5, 5.41) is 49.9. The maximum atomic E-state index is 13.7. The molecule has 1 aromatic carbocycles. The summed E-state index contributed by atoms with van der Waals surface area (Å²) in [5.74, 6) is -2.50. The number of piperidine rings is 1. The number of esters is 1. The van der Waals surface area contributed by atoms with Crippen molar-refractivity contribution in [2.75, 3.05) is 55.2 Å². The van der Waals surface area contributed by atoms with Crippen molar-refractivity contribution in [2.45, 2.75) is 73.6 Å². The second-order valence-electron chi connectivity index (χ2n) is 14.2. The van der Waals surface area contributed by atoms with Crippen molar-refractivity contribution in [1.29, 1.82) is 0 Å². The van der Waals surface area contributed by atoms with Gasteiger partial charge in [-0.25, -0.2) is 4.79 Å². The molecule has 6 fully saturated rings. The minimum absolute atomic E-state index is 0.0861. The minimum atomic E-state index is -1.88. The van der Waals surface area contributed by atoms with Gasteiger partial charge in [-0.3, -0.25) is 4.90 Å². The van der Waals surface area contributed by atoms with Crippen LogP contribution in [-0.2, 0) is 23.7 Å². The van der Waals surface area contributed by atoms with E-state index < -0.39 is 82.4 Å². The van der Waals surface area contributed by atoms with Gasteiger partial charge in [0, 0.05) is 76.0 Å². The highest BCUT2D eigenvalue weighted by Crippen LogP contribution is 2.80. The van der Waals surface area contributed by atoms with Crippen molar-refractivity contribution in [2.24, 2.45) is 34.5 Å². The van der Waals surface area contributed by atoms with Crippen LogP contribution in [0.15, 0.2) is 24.3 Å². The molecule has 45 heavy (non-hydrogen) atoms. The van der Waals surface area contributed by atoms with Gasteiger partial charge >= 0.3 is 5.97 Å². The maximum absolute atomic E-state index is 13.7. The van der Waals surface area contributed by atoms with E-state index in [-0.39, 0.29) is 30.6 Å². The zero-order chi connectivity index (χ0) is 32.3. The number of ether oxygens (including phenoxy) is 6. The van der Waals surface area contributed by atoms with Gasteiger partial charge in [-0.15, -0.1) is 0 Å². The Balaban J connectivity index is 1.45. The third kappa shape index (κ3) is 3.56. The Morgan fingerprint density at radius 1 is 0.978 bits per heavy atom. The van der Waals surface area contributed by atoms with Crippen molar-refractivity contribution < 1.29 is 53.6 Å². The molecule has 7 rings (SSSR count). The minimum Gasteiger partial charge on any atom is -0.497 e. The zero-order valence-corrected chi connectivity index (χ0v) is 26.8. The van der Waals surface area contributed by atoms with Crippen LogP contribution in [0.25, 0.3) is 0 Å². The van der Waals surface area contributed by atoms with Crippen LogP contribution in [0, 0.1) is 34.5 Å². The SMILES string of the molecule is CCN1C[C@]2(COC)[C@H](O)C[C@H](OC)[C@@]34[C@@H]5C[C@@]6(O)[C@H](OC(=O)c7ccc(OC)cc7)[C@@H]5[C@@](O)([C@@H]([C@H](OC)[C@H]23)[C@@H]14)[C@@H](O)[C@@H]6OC. The van der Waals surface area contributed by atoms with Crippen LogP contribution in [0.1, 0.15) is 30.1 Å².